The van der Waals surface area contributed by atoms with E-state index in [0.717, 1.165) is 89.9 Å². The minimum atomic E-state index is -4.40. The number of carbonyl (C=O) groups is 3. The molecule has 0 aliphatic carbocycles. The first kappa shape index (κ1) is 54.4. The van der Waals surface area contributed by atoms with Gasteiger partial charge in [-0.25, -0.2) is 4.57 Å². The first-order chi connectivity index (χ1) is 27.4. The summed E-state index contributed by atoms with van der Waals surface area (Å²) in [6.07, 6.45) is 41.0. The zero-order chi connectivity index (χ0) is 42.3. The maximum atomic E-state index is 12.7. The number of ketones is 1. The molecule has 0 fully saturated rings. The van der Waals surface area contributed by atoms with Gasteiger partial charge in [-0.05, 0) is 76.7 Å². The number of hydrogen-bond acceptors (Lipinski definition) is 8. The van der Waals surface area contributed by atoms with Gasteiger partial charge in [0.25, 0.3) is 0 Å². The number of phosphoric ester groups is 1. The quantitative estimate of drug-likeness (QED) is 0.0123. The van der Waals surface area contributed by atoms with E-state index in [1.807, 2.05) is 33.3 Å². The molecule has 10 nitrogen and oxygen atoms in total. The van der Waals surface area contributed by atoms with Crippen molar-refractivity contribution in [2.75, 3.05) is 47.5 Å². The third kappa shape index (κ3) is 41.3. The van der Waals surface area contributed by atoms with Crippen molar-refractivity contribution >= 4 is 25.5 Å². The summed E-state index contributed by atoms with van der Waals surface area (Å²) in [5, 5.41) is 0. The fraction of sp³-hybridized carbons (Fsp3) is 0.717. The minimum Gasteiger partial charge on any atom is -0.462 e. The van der Waals surface area contributed by atoms with Crippen molar-refractivity contribution in [3.8, 4) is 0 Å². The maximum Gasteiger partial charge on any atom is 0.472 e. The molecule has 0 aromatic heterocycles. The summed E-state index contributed by atoms with van der Waals surface area (Å²) >= 11 is 0. The number of rotatable bonds is 39. The molecule has 2 atom stereocenters. The molecule has 0 aromatic rings. The second-order valence-electron chi connectivity index (χ2n) is 15.8. The molecule has 1 unspecified atom stereocenters. The van der Waals surface area contributed by atoms with Gasteiger partial charge in [-0.1, -0.05) is 126 Å². The summed E-state index contributed by atoms with van der Waals surface area (Å²) in [5.74, 6) is -0.717. The molecule has 57 heavy (non-hydrogen) atoms. The summed E-state index contributed by atoms with van der Waals surface area (Å²) < 4.78 is 34.2. The topological polar surface area (TPSA) is 125 Å². The summed E-state index contributed by atoms with van der Waals surface area (Å²) in [6.45, 7) is 4.14. The minimum absolute atomic E-state index is 0.00918. The largest absolute Gasteiger partial charge is 0.472 e. The Hall–Kier alpha value is -2.62. The van der Waals surface area contributed by atoms with Crippen molar-refractivity contribution in [3.05, 3.63) is 60.8 Å². The lowest BCUT2D eigenvalue weighted by molar-refractivity contribution is -0.870. The zero-order valence-electron chi connectivity index (χ0n) is 36.6. The number of quaternary nitrogens is 1. The summed E-state index contributed by atoms with van der Waals surface area (Å²) in [4.78, 5) is 47.1. The summed E-state index contributed by atoms with van der Waals surface area (Å²) in [7, 11) is 1.40. The van der Waals surface area contributed by atoms with Crippen molar-refractivity contribution in [1.82, 2.24) is 0 Å². The Morgan fingerprint density at radius 1 is 0.596 bits per heavy atom. The van der Waals surface area contributed by atoms with Gasteiger partial charge in [0.1, 0.15) is 19.8 Å². The Kier molecular flexibility index (Phi) is 35.9. The standard InChI is InChI=1S/C46H80NO9P/c1-6-8-10-11-12-13-14-15-16-17-18-19-20-23-26-29-33-37-45(49)53-41-44(42-55-57(51,52)54-40-39-47(3,4)5)56-46(50)38-34-30-27-24-21-22-25-28-32-36-43(48)35-31-9-7-2/h12-13,15-16,18-19,25,28,32,36,44H,6-11,14,17,20-24,26-27,29-31,33-35,37-42H2,1-5H3/p+1/b13-12-,16-15-,19-18-,28-25-,36-32+/t44-/m1/s1. The van der Waals surface area contributed by atoms with Gasteiger partial charge in [-0.3, -0.25) is 23.4 Å². The third-order valence-corrected chi connectivity index (χ3v) is 9.98. The Balaban J connectivity index is 4.48. The molecule has 0 aliphatic heterocycles. The van der Waals surface area contributed by atoms with E-state index in [9.17, 15) is 23.8 Å². The Morgan fingerprint density at radius 2 is 1.11 bits per heavy atom. The SMILES string of the molecule is CCCCC/C=C\C/C=C\C/C=C\CCCCCCC(=O)OC[C@H](COP(=O)(O)OCC[N+](C)(C)C)OC(=O)CCCCCCC/C=C\C=C\C(=O)CCCCC. The van der Waals surface area contributed by atoms with Crippen LogP contribution in [0, 0.1) is 0 Å². The average Bonchev–Trinajstić information content (AvgIpc) is 3.15. The highest BCUT2D eigenvalue weighted by Crippen LogP contribution is 2.43. The van der Waals surface area contributed by atoms with E-state index in [0.29, 0.717) is 30.3 Å². The number of phosphoric acid groups is 1. The molecule has 0 saturated heterocycles. The van der Waals surface area contributed by atoms with Crippen LogP contribution in [0.1, 0.15) is 162 Å². The zero-order valence-corrected chi connectivity index (χ0v) is 37.4. The van der Waals surface area contributed by atoms with Crippen LogP contribution in [0.4, 0.5) is 0 Å². The molecule has 328 valence electrons. The lowest BCUT2D eigenvalue weighted by Gasteiger charge is -2.24. The highest BCUT2D eigenvalue weighted by atomic mass is 31.2. The fourth-order valence-corrected chi connectivity index (χ4v) is 6.21. The van der Waals surface area contributed by atoms with Crippen LogP contribution in [0.2, 0.25) is 0 Å². The van der Waals surface area contributed by atoms with E-state index in [-0.39, 0.29) is 31.8 Å². The molecule has 0 aliphatic rings. The van der Waals surface area contributed by atoms with Crippen LogP contribution < -0.4 is 0 Å². The van der Waals surface area contributed by atoms with Gasteiger partial charge in [-0.15, -0.1) is 0 Å². The van der Waals surface area contributed by atoms with Crippen LogP contribution in [0.5, 0.6) is 0 Å². The monoisotopic (exact) mass is 823 g/mol. The number of nitrogens with zero attached hydrogens (tertiary/aromatic N) is 1. The Bertz CT molecular complexity index is 1220. The second kappa shape index (κ2) is 37.6. The number of esters is 2. The number of hydrogen-bond donors (Lipinski definition) is 1. The van der Waals surface area contributed by atoms with Crippen molar-refractivity contribution < 1.29 is 46.8 Å². The van der Waals surface area contributed by atoms with Gasteiger partial charge in [0.05, 0.1) is 27.7 Å². The van der Waals surface area contributed by atoms with Crippen LogP contribution in [-0.4, -0.2) is 80.7 Å². The van der Waals surface area contributed by atoms with Crippen molar-refractivity contribution in [1.29, 1.82) is 0 Å². The van der Waals surface area contributed by atoms with E-state index in [1.54, 1.807) is 6.08 Å². The summed E-state index contributed by atoms with van der Waals surface area (Å²) in [5.41, 5.74) is 0. The molecule has 0 radical (unpaired) electrons. The lowest BCUT2D eigenvalue weighted by atomic mass is 10.1. The van der Waals surface area contributed by atoms with Gasteiger partial charge in [-0.2, -0.15) is 0 Å². The van der Waals surface area contributed by atoms with Gasteiger partial charge in [0, 0.05) is 19.3 Å². The molecular formula is C46H81NO9P+. The van der Waals surface area contributed by atoms with Crippen LogP contribution in [0.3, 0.4) is 0 Å². The van der Waals surface area contributed by atoms with E-state index in [1.165, 1.54) is 25.7 Å². The lowest BCUT2D eigenvalue weighted by Crippen LogP contribution is -2.37. The molecule has 0 spiro atoms. The van der Waals surface area contributed by atoms with Crippen molar-refractivity contribution in [2.24, 2.45) is 0 Å². The van der Waals surface area contributed by atoms with Gasteiger partial charge >= 0.3 is 19.8 Å². The van der Waals surface area contributed by atoms with E-state index in [4.69, 9.17) is 18.5 Å². The number of carbonyl (C=O) groups excluding carboxylic acids is 3. The highest BCUT2D eigenvalue weighted by molar-refractivity contribution is 7.47. The second-order valence-corrected chi connectivity index (χ2v) is 17.2. The molecule has 11 heteroatoms. The predicted molar refractivity (Wildman–Crippen MR) is 234 cm³/mol. The number of unbranched alkanes of at least 4 members (excludes halogenated alkanes) is 14. The van der Waals surface area contributed by atoms with E-state index < -0.39 is 32.5 Å². The average molecular weight is 823 g/mol. The molecule has 0 aromatic carbocycles. The maximum absolute atomic E-state index is 12.7. The Morgan fingerprint density at radius 3 is 1.72 bits per heavy atom. The summed E-state index contributed by atoms with van der Waals surface area (Å²) in [6, 6.07) is 0. The van der Waals surface area contributed by atoms with Gasteiger partial charge < -0.3 is 18.9 Å². The molecule has 0 heterocycles. The first-order valence-corrected chi connectivity index (χ1v) is 23.5. The van der Waals surface area contributed by atoms with Crippen LogP contribution >= 0.6 is 7.82 Å². The molecular weight excluding hydrogens is 741 g/mol. The van der Waals surface area contributed by atoms with Crippen LogP contribution in [0.15, 0.2) is 60.8 Å². The van der Waals surface area contributed by atoms with Crippen LogP contribution in [0.25, 0.3) is 0 Å². The molecule has 0 rings (SSSR count). The molecule has 0 amide bonds. The molecule has 0 saturated carbocycles. The Labute approximate surface area is 347 Å². The fourth-order valence-electron chi connectivity index (χ4n) is 5.47. The number of allylic oxidation sites excluding steroid dienone is 10. The smallest absolute Gasteiger partial charge is 0.462 e. The van der Waals surface area contributed by atoms with Crippen molar-refractivity contribution in [2.45, 2.75) is 168 Å². The molecule has 1 N–H and O–H groups in total. The van der Waals surface area contributed by atoms with Gasteiger partial charge in [0.2, 0.25) is 0 Å². The number of likely N-dealkylation sites (N-methyl/N-ethyl adjacent to an activating group) is 1. The first-order valence-electron chi connectivity index (χ1n) is 22.0. The molecule has 0 bridgehead atoms. The third-order valence-electron chi connectivity index (χ3n) is 9.00. The predicted octanol–water partition coefficient (Wildman–Crippen LogP) is 11.6. The highest BCUT2D eigenvalue weighted by Gasteiger charge is 2.27. The van der Waals surface area contributed by atoms with Crippen LogP contribution in [-0.2, 0) is 37.5 Å². The normalized spacial score (nSPS) is 14.1. The number of ether oxygens (including phenoxy) is 2. The van der Waals surface area contributed by atoms with Crippen molar-refractivity contribution in [3.63, 3.8) is 0 Å². The van der Waals surface area contributed by atoms with Gasteiger partial charge in [0.15, 0.2) is 11.9 Å². The van der Waals surface area contributed by atoms with E-state index >= 15 is 0 Å². The van der Waals surface area contributed by atoms with E-state index in [2.05, 4.69) is 56.4 Å².